The van der Waals surface area contributed by atoms with Crippen molar-refractivity contribution in [2.24, 2.45) is 5.41 Å². The number of hydrogen-bond acceptors (Lipinski definition) is 1. The second kappa shape index (κ2) is 6.78. The second-order valence-corrected chi connectivity index (χ2v) is 6.43. The molecule has 0 aliphatic rings. The highest BCUT2D eigenvalue weighted by Crippen LogP contribution is 2.28. The van der Waals surface area contributed by atoms with Gasteiger partial charge in [0.05, 0.1) is 0 Å². The van der Waals surface area contributed by atoms with Crippen molar-refractivity contribution in [3.05, 3.63) is 65.7 Å². The predicted octanol–water partition coefficient (Wildman–Crippen LogP) is 4.62. The third-order valence-corrected chi connectivity index (χ3v) is 3.94. The van der Waals surface area contributed by atoms with E-state index in [2.05, 4.69) is 31.2 Å². The van der Waals surface area contributed by atoms with E-state index in [-0.39, 0.29) is 5.91 Å². The Balaban J connectivity index is 2.23. The van der Waals surface area contributed by atoms with Crippen LogP contribution in [0.25, 0.3) is 0 Å². The molecule has 0 N–H and O–H groups in total. The van der Waals surface area contributed by atoms with Gasteiger partial charge in [0.2, 0.25) is 5.91 Å². The molecule has 2 heteroatoms. The van der Waals surface area contributed by atoms with E-state index in [0.29, 0.717) is 6.54 Å². The molecule has 0 heterocycles. The first-order valence-corrected chi connectivity index (χ1v) is 7.86. The summed E-state index contributed by atoms with van der Waals surface area (Å²) in [6.45, 7) is 8.82. The molecule has 2 aromatic rings. The van der Waals surface area contributed by atoms with E-state index >= 15 is 0 Å². The standard InChI is InChI=1S/C20H25NO/c1-5-21(18-13-9-10-16(2)14-18)19(22)20(3,4)15-17-11-7-6-8-12-17/h6-14H,5,15H2,1-4H3. The number of rotatable bonds is 5. The van der Waals surface area contributed by atoms with Gasteiger partial charge < -0.3 is 4.90 Å². The topological polar surface area (TPSA) is 20.3 Å². The summed E-state index contributed by atoms with van der Waals surface area (Å²) >= 11 is 0. The van der Waals surface area contributed by atoms with Gasteiger partial charge in [-0.3, -0.25) is 4.79 Å². The van der Waals surface area contributed by atoms with Crippen LogP contribution in [0.15, 0.2) is 54.6 Å². The van der Waals surface area contributed by atoms with Crippen LogP contribution in [0.2, 0.25) is 0 Å². The highest BCUT2D eigenvalue weighted by molar-refractivity contribution is 5.97. The molecule has 0 atom stereocenters. The molecule has 0 spiro atoms. The van der Waals surface area contributed by atoms with Gasteiger partial charge in [-0.15, -0.1) is 0 Å². The van der Waals surface area contributed by atoms with Crippen molar-refractivity contribution in [3.63, 3.8) is 0 Å². The Hall–Kier alpha value is -2.09. The van der Waals surface area contributed by atoms with Crippen molar-refractivity contribution in [2.75, 3.05) is 11.4 Å². The molecule has 0 unspecified atom stereocenters. The lowest BCUT2D eigenvalue weighted by molar-refractivity contribution is -0.126. The number of nitrogens with zero attached hydrogens (tertiary/aromatic N) is 1. The fourth-order valence-electron chi connectivity index (χ4n) is 2.79. The van der Waals surface area contributed by atoms with E-state index < -0.39 is 5.41 Å². The van der Waals surface area contributed by atoms with Crippen molar-refractivity contribution in [3.8, 4) is 0 Å². The molecule has 0 saturated heterocycles. The molecule has 2 nitrogen and oxygen atoms in total. The average Bonchev–Trinajstić information content (AvgIpc) is 2.48. The van der Waals surface area contributed by atoms with E-state index in [9.17, 15) is 4.79 Å². The number of carbonyl (C=O) groups excluding carboxylic acids is 1. The highest BCUT2D eigenvalue weighted by Gasteiger charge is 2.32. The molecule has 0 radical (unpaired) electrons. The minimum atomic E-state index is -0.429. The smallest absolute Gasteiger partial charge is 0.232 e. The summed E-state index contributed by atoms with van der Waals surface area (Å²) in [4.78, 5) is 14.9. The lowest BCUT2D eigenvalue weighted by Gasteiger charge is -2.31. The summed E-state index contributed by atoms with van der Waals surface area (Å²) in [5, 5.41) is 0. The van der Waals surface area contributed by atoms with Crippen LogP contribution >= 0.6 is 0 Å². The summed E-state index contributed by atoms with van der Waals surface area (Å²) in [7, 11) is 0. The Morgan fingerprint density at radius 1 is 1.05 bits per heavy atom. The summed E-state index contributed by atoms with van der Waals surface area (Å²) in [6.07, 6.45) is 0.745. The Morgan fingerprint density at radius 3 is 2.32 bits per heavy atom. The molecule has 0 fully saturated rings. The maximum atomic E-state index is 13.0. The molecule has 0 aliphatic heterocycles. The zero-order valence-corrected chi connectivity index (χ0v) is 14.0. The first-order valence-electron chi connectivity index (χ1n) is 7.86. The first-order chi connectivity index (χ1) is 10.4. The van der Waals surface area contributed by atoms with E-state index in [1.165, 1.54) is 11.1 Å². The average molecular weight is 295 g/mol. The summed E-state index contributed by atoms with van der Waals surface area (Å²) in [5.74, 6) is 0.171. The molecule has 116 valence electrons. The predicted molar refractivity (Wildman–Crippen MR) is 93.1 cm³/mol. The van der Waals surface area contributed by atoms with Crippen molar-refractivity contribution >= 4 is 11.6 Å². The van der Waals surface area contributed by atoms with Gasteiger partial charge in [-0.05, 0) is 43.5 Å². The summed E-state index contributed by atoms with van der Waals surface area (Å²) in [5.41, 5.74) is 2.92. The summed E-state index contributed by atoms with van der Waals surface area (Å²) in [6, 6.07) is 18.3. The maximum Gasteiger partial charge on any atom is 0.232 e. The van der Waals surface area contributed by atoms with Crippen LogP contribution in [0.3, 0.4) is 0 Å². The van der Waals surface area contributed by atoms with E-state index in [0.717, 1.165) is 12.1 Å². The van der Waals surface area contributed by atoms with Crippen LogP contribution in [0.1, 0.15) is 31.9 Å². The van der Waals surface area contributed by atoms with Crippen molar-refractivity contribution < 1.29 is 4.79 Å². The number of amides is 1. The fraction of sp³-hybridized carbons (Fsp3) is 0.350. The van der Waals surface area contributed by atoms with Crippen LogP contribution in [0.4, 0.5) is 5.69 Å². The Bertz CT molecular complexity index is 631. The molecular formula is C20H25NO. The van der Waals surface area contributed by atoms with Crippen LogP contribution in [-0.4, -0.2) is 12.5 Å². The number of aryl methyl sites for hydroxylation is 1. The molecule has 0 saturated carbocycles. The summed E-state index contributed by atoms with van der Waals surface area (Å²) < 4.78 is 0. The van der Waals surface area contributed by atoms with Crippen molar-refractivity contribution in [1.82, 2.24) is 0 Å². The van der Waals surface area contributed by atoms with Gasteiger partial charge in [0, 0.05) is 17.6 Å². The Kier molecular flexibility index (Phi) is 5.02. The number of anilines is 1. The molecule has 22 heavy (non-hydrogen) atoms. The molecule has 0 aromatic heterocycles. The Labute approximate surface area is 133 Å². The molecule has 2 aromatic carbocycles. The van der Waals surface area contributed by atoms with E-state index in [1.807, 2.05) is 56.0 Å². The SMILES string of the molecule is CCN(C(=O)C(C)(C)Cc1ccccc1)c1cccc(C)c1. The third-order valence-electron chi connectivity index (χ3n) is 3.94. The van der Waals surface area contributed by atoms with Crippen LogP contribution in [0.5, 0.6) is 0 Å². The number of hydrogen-bond donors (Lipinski definition) is 0. The largest absolute Gasteiger partial charge is 0.312 e. The van der Waals surface area contributed by atoms with Gasteiger partial charge in [-0.2, -0.15) is 0 Å². The zero-order chi connectivity index (χ0) is 16.2. The quantitative estimate of drug-likeness (QED) is 0.788. The fourth-order valence-corrected chi connectivity index (χ4v) is 2.79. The van der Waals surface area contributed by atoms with Gasteiger partial charge in [0.1, 0.15) is 0 Å². The lowest BCUT2D eigenvalue weighted by atomic mass is 9.84. The lowest BCUT2D eigenvalue weighted by Crippen LogP contribution is -2.42. The molecule has 2 rings (SSSR count). The molecule has 0 aliphatic carbocycles. The second-order valence-electron chi connectivity index (χ2n) is 6.43. The highest BCUT2D eigenvalue weighted by atomic mass is 16.2. The van der Waals surface area contributed by atoms with Gasteiger partial charge >= 0.3 is 0 Å². The van der Waals surface area contributed by atoms with E-state index in [1.54, 1.807) is 0 Å². The third kappa shape index (κ3) is 3.76. The van der Waals surface area contributed by atoms with Gasteiger partial charge in [-0.25, -0.2) is 0 Å². The van der Waals surface area contributed by atoms with Crippen molar-refractivity contribution in [1.29, 1.82) is 0 Å². The molecule has 0 bridgehead atoms. The minimum absolute atomic E-state index is 0.171. The normalized spacial score (nSPS) is 11.3. The minimum Gasteiger partial charge on any atom is -0.312 e. The van der Waals surface area contributed by atoms with Crippen LogP contribution < -0.4 is 4.90 Å². The monoisotopic (exact) mass is 295 g/mol. The number of benzene rings is 2. The van der Waals surface area contributed by atoms with Gasteiger partial charge in [-0.1, -0.05) is 56.3 Å². The number of carbonyl (C=O) groups is 1. The molecule has 1 amide bonds. The maximum absolute atomic E-state index is 13.0. The van der Waals surface area contributed by atoms with Crippen LogP contribution in [0, 0.1) is 12.3 Å². The van der Waals surface area contributed by atoms with Crippen LogP contribution in [-0.2, 0) is 11.2 Å². The molecular weight excluding hydrogens is 270 g/mol. The zero-order valence-electron chi connectivity index (χ0n) is 14.0. The first kappa shape index (κ1) is 16.3. The van der Waals surface area contributed by atoms with Gasteiger partial charge in [0.15, 0.2) is 0 Å². The van der Waals surface area contributed by atoms with Crippen molar-refractivity contribution in [2.45, 2.75) is 34.1 Å². The van der Waals surface area contributed by atoms with E-state index in [4.69, 9.17) is 0 Å². The Morgan fingerprint density at radius 2 is 1.73 bits per heavy atom. The van der Waals surface area contributed by atoms with Gasteiger partial charge in [0.25, 0.3) is 0 Å².